The van der Waals surface area contributed by atoms with Crippen molar-refractivity contribution in [3.05, 3.63) is 0 Å². The minimum atomic E-state index is -0.462. The lowest BCUT2D eigenvalue weighted by Crippen LogP contribution is -2.42. The van der Waals surface area contributed by atoms with Crippen molar-refractivity contribution < 1.29 is 4.79 Å². The average Bonchev–Trinajstić information content (AvgIpc) is 2.97. The molecule has 0 heterocycles. The smallest absolute Gasteiger partial charge is 0.237 e. The highest BCUT2D eigenvalue weighted by atomic mass is 16.1. The molecule has 18 heavy (non-hydrogen) atoms. The fourth-order valence-corrected chi connectivity index (χ4v) is 3.88. The van der Waals surface area contributed by atoms with E-state index in [1.54, 1.807) is 0 Å². The topological polar surface area (TPSA) is 52.9 Å². The van der Waals surface area contributed by atoms with Gasteiger partial charge >= 0.3 is 0 Å². The first-order valence-corrected chi connectivity index (χ1v) is 7.35. The van der Waals surface area contributed by atoms with Crippen LogP contribution < -0.4 is 5.32 Å². The predicted octanol–water partition coefficient (Wildman–Crippen LogP) is 2.87. The third kappa shape index (κ3) is 2.68. The first-order valence-electron chi connectivity index (χ1n) is 7.35. The van der Waals surface area contributed by atoms with Crippen molar-refractivity contribution in [3.8, 4) is 6.07 Å². The molecule has 2 saturated carbocycles. The van der Waals surface area contributed by atoms with E-state index in [-0.39, 0.29) is 11.9 Å². The maximum Gasteiger partial charge on any atom is 0.237 e. The second-order valence-corrected chi connectivity index (χ2v) is 6.11. The van der Waals surface area contributed by atoms with Gasteiger partial charge in [0.2, 0.25) is 5.91 Å². The Labute approximate surface area is 110 Å². The number of fused-ring (bicyclic) bond motifs is 2. The lowest BCUT2D eigenvalue weighted by atomic mass is 9.84. The standard InChI is InChI=1S/C15H24N2O/c1-3-4-13(9-16)15(18)17-10(2)14-8-11-5-6-12(14)7-11/h10-14H,3-8H2,1-2H3,(H,17,18). The molecule has 2 bridgehead atoms. The molecule has 0 aromatic heterocycles. The van der Waals surface area contributed by atoms with Gasteiger partial charge in [0.15, 0.2) is 0 Å². The quantitative estimate of drug-likeness (QED) is 0.813. The zero-order valence-corrected chi connectivity index (χ0v) is 11.5. The minimum Gasteiger partial charge on any atom is -0.352 e. The Hall–Kier alpha value is -1.04. The molecule has 2 aliphatic carbocycles. The lowest BCUT2D eigenvalue weighted by Gasteiger charge is -2.29. The van der Waals surface area contributed by atoms with Gasteiger partial charge in [-0.25, -0.2) is 0 Å². The number of carbonyl (C=O) groups excluding carboxylic acids is 1. The largest absolute Gasteiger partial charge is 0.352 e. The lowest BCUT2D eigenvalue weighted by molar-refractivity contribution is -0.124. The third-order valence-electron chi connectivity index (χ3n) is 4.85. The van der Waals surface area contributed by atoms with Crippen LogP contribution in [0.25, 0.3) is 0 Å². The van der Waals surface area contributed by atoms with Gasteiger partial charge in [-0.3, -0.25) is 4.79 Å². The SMILES string of the molecule is CCCC(C#N)C(=O)NC(C)C1CC2CCC1C2. The Morgan fingerprint density at radius 3 is 2.72 bits per heavy atom. The fourth-order valence-electron chi connectivity index (χ4n) is 3.88. The van der Waals surface area contributed by atoms with Gasteiger partial charge in [0.25, 0.3) is 0 Å². The molecule has 0 aromatic carbocycles. The number of nitrogens with zero attached hydrogens (tertiary/aromatic N) is 1. The first-order chi connectivity index (χ1) is 8.65. The Morgan fingerprint density at radius 1 is 1.44 bits per heavy atom. The van der Waals surface area contributed by atoms with Crippen molar-refractivity contribution in [1.29, 1.82) is 5.26 Å². The van der Waals surface area contributed by atoms with Gasteiger partial charge < -0.3 is 5.32 Å². The van der Waals surface area contributed by atoms with E-state index >= 15 is 0 Å². The number of nitrogens with one attached hydrogen (secondary N) is 1. The minimum absolute atomic E-state index is 0.0605. The summed E-state index contributed by atoms with van der Waals surface area (Å²) in [5.74, 6) is 1.85. The summed E-state index contributed by atoms with van der Waals surface area (Å²) in [6.45, 7) is 4.13. The third-order valence-corrected chi connectivity index (χ3v) is 4.85. The Bertz CT molecular complexity index is 347. The van der Waals surface area contributed by atoms with Crippen molar-refractivity contribution in [1.82, 2.24) is 5.32 Å². The van der Waals surface area contributed by atoms with Crippen LogP contribution in [0.15, 0.2) is 0 Å². The van der Waals surface area contributed by atoms with Crippen LogP contribution in [0.1, 0.15) is 52.4 Å². The summed E-state index contributed by atoms with van der Waals surface area (Å²) < 4.78 is 0. The van der Waals surface area contributed by atoms with E-state index in [2.05, 4.69) is 18.3 Å². The summed E-state index contributed by atoms with van der Waals surface area (Å²) in [6, 6.07) is 2.36. The maximum absolute atomic E-state index is 12.0. The molecule has 5 atom stereocenters. The molecule has 0 aromatic rings. The molecule has 1 amide bonds. The molecular formula is C15H24N2O. The van der Waals surface area contributed by atoms with E-state index in [4.69, 9.17) is 5.26 Å². The second kappa shape index (κ2) is 5.73. The fraction of sp³-hybridized carbons (Fsp3) is 0.867. The number of amides is 1. The van der Waals surface area contributed by atoms with Crippen LogP contribution in [0.4, 0.5) is 0 Å². The molecule has 2 rings (SSSR count). The van der Waals surface area contributed by atoms with Crippen LogP contribution in [0.5, 0.6) is 0 Å². The van der Waals surface area contributed by atoms with E-state index in [0.717, 1.165) is 18.3 Å². The zero-order valence-electron chi connectivity index (χ0n) is 11.5. The summed E-state index contributed by atoms with van der Waals surface area (Å²) in [5, 5.41) is 12.1. The summed E-state index contributed by atoms with van der Waals surface area (Å²) in [5.41, 5.74) is 0. The number of hydrogen-bond donors (Lipinski definition) is 1. The normalized spacial score (nSPS) is 32.8. The van der Waals surface area contributed by atoms with Crippen LogP contribution in [0, 0.1) is 35.0 Å². The molecule has 2 fully saturated rings. The number of nitriles is 1. The van der Waals surface area contributed by atoms with Crippen LogP contribution >= 0.6 is 0 Å². The van der Waals surface area contributed by atoms with Gasteiger partial charge in [0.05, 0.1) is 6.07 Å². The Kier molecular flexibility index (Phi) is 4.27. The first kappa shape index (κ1) is 13.4. The van der Waals surface area contributed by atoms with Gasteiger partial charge in [-0.1, -0.05) is 19.8 Å². The van der Waals surface area contributed by atoms with E-state index in [1.165, 1.54) is 25.7 Å². The summed E-state index contributed by atoms with van der Waals surface area (Å²) in [7, 11) is 0. The van der Waals surface area contributed by atoms with Gasteiger partial charge in [-0.15, -0.1) is 0 Å². The van der Waals surface area contributed by atoms with Crippen molar-refractivity contribution in [2.24, 2.45) is 23.7 Å². The van der Waals surface area contributed by atoms with Crippen molar-refractivity contribution in [2.75, 3.05) is 0 Å². The van der Waals surface area contributed by atoms with Crippen LogP contribution in [0.2, 0.25) is 0 Å². The van der Waals surface area contributed by atoms with E-state index in [9.17, 15) is 4.79 Å². The molecular weight excluding hydrogens is 224 g/mol. The predicted molar refractivity (Wildman–Crippen MR) is 70.6 cm³/mol. The number of hydrogen-bond acceptors (Lipinski definition) is 2. The molecule has 3 nitrogen and oxygen atoms in total. The molecule has 0 saturated heterocycles. The Balaban J connectivity index is 1.85. The van der Waals surface area contributed by atoms with E-state index in [0.29, 0.717) is 12.3 Å². The molecule has 0 aliphatic heterocycles. The maximum atomic E-state index is 12.0. The zero-order chi connectivity index (χ0) is 13.1. The van der Waals surface area contributed by atoms with Gasteiger partial charge in [0.1, 0.15) is 5.92 Å². The van der Waals surface area contributed by atoms with E-state index in [1.807, 2.05) is 6.92 Å². The average molecular weight is 248 g/mol. The van der Waals surface area contributed by atoms with Gasteiger partial charge in [-0.05, 0) is 50.4 Å². The van der Waals surface area contributed by atoms with E-state index < -0.39 is 5.92 Å². The molecule has 1 N–H and O–H groups in total. The Morgan fingerprint density at radius 2 is 2.22 bits per heavy atom. The highest BCUT2D eigenvalue weighted by Crippen LogP contribution is 2.49. The van der Waals surface area contributed by atoms with Crippen LogP contribution in [-0.2, 0) is 4.79 Å². The molecule has 2 aliphatic rings. The highest BCUT2D eigenvalue weighted by Gasteiger charge is 2.42. The molecule has 3 heteroatoms. The van der Waals surface area contributed by atoms with Crippen LogP contribution in [-0.4, -0.2) is 11.9 Å². The number of carbonyl (C=O) groups is 1. The van der Waals surface area contributed by atoms with Crippen molar-refractivity contribution in [2.45, 2.75) is 58.4 Å². The van der Waals surface area contributed by atoms with Gasteiger partial charge in [-0.2, -0.15) is 5.26 Å². The molecule has 5 unspecified atom stereocenters. The van der Waals surface area contributed by atoms with Crippen molar-refractivity contribution in [3.63, 3.8) is 0 Å². The van der Waals surface area contributed by atoms with Crippen molar-refractivity contribution >= 4 is 5.91 Å². The molecule has 100 valence electrons. The second-order valence-electron chi connectivity index (χ2n) is 6.11. The molecule has 0 radical (unpaired) electrons. The highest BCUT2D eigenvalue weighted by molar-refractivity contribution is 5.81. The summed E-state index contributed by atoms with van der Waals surface area (Å²) in [4.78, 5) is 12.0. The monoisotopic (exact) mass is 248 g/mol. The number of rotatable bonds is 5. The molecule has 0 spiro atoms. The summed E-state index contributed by atoms with van der Waals surface area (Å²) >= 11 is 0. The summed E-state index contributed by atoms with van der Waals surface area (Å²) in [6.07, 6.45) is 6.92. The van der Waals surface area contributed by atoms with Gasteiger partial charge in [0, 0.05) is 6.04 Å². The van der Waals surface area contributed by atoms with Crippen LogP contribution in [0.3, 0.4) is 0 Å².